The van der Waals surface area contributed by atoms with Gasteiger partial charge in [0.15, 0.2) is 0 Å². The molecule has 1 fully saturated rings. The summed E-state index contributed by atoms with van der Waals surface area (Å²) in [7, 11) is 0. The first-order chi connectivity index (χ1) is 8.34. The van der Waals surface area contributed by atoms with Crippen molar-refractivity contribution in [3.05, 3.63) is 0 Å². The van der Waals surface area contributed by atoms with Crippen molar-refractivity contribution in [1.82, 2.24) is 5.32 Å². The number of hydrogen-bond acceptors (Lipinski definition) is 2. The highest BCUT2D eigenvalue weighted by molar-refractivity contribution is 5.81. The van der Waals surface area contributed by atoms with E-state index < -0.39 is 18.1 Å². The first-order valence-corrected chi connectivity index (χ1v) is 6.47. The van der Waals surface area contributed by atoms with Gasteiger partial charge in [0.2, 0.25) is 5.91 Å². The number of hydrogen-bond donors (Lipinski definition) is 2. The van der Waals surface area contributed by atoms with Gasteiger partial charge in [0.1, 0.15) is 0 Å². The molecule has 0 aromatic carbocycles. The summed E-state index contributed by atoms with van der Waals surface area (Å²) < 4.78 is 37.4. The monoisotopic (exact) mass is 266 g/mol. The smallest absolute Gasteiger partial charge is 0.352 e. The molecule has 6 heteroatoms. The lowest BCUT2D eigenvalue weighted by Gasteiger charge is -2.30. The molecule has 18 heavy (non-hydrogen) atoms. The molecule has 1 aliphatic rings. The quantitative estimate of drug-likeness (QED) is 0.820. The summed E-state index contributed by atoms with van der Waals surface area (Å²) in [6.07, 6.45) is -1.73. The van der Waals surface area contributed by atoms with Crippen molar-refractivity contribution in [3.63, 3.8) is 0 Å². The minimum absolute atomic E-state index is 0.0947. The van der Waals surface area contributed by atoms with Crippen molar-refractivity contribution in [2.24, 2.45) is 11.7 Å². The predicted molar refractivity (Wildman–Crippen MR) is 62.8 cm³/mol. The molecule has 1 amide bonds. The van der Waals surface area contributed by atoms with E-state index in [1.807, 2.05) is 6.92 Å². The Labute approximate surface area is 105 Å². The second kappa shape index (κ2) is 6.41. The number of halogens is 3. The Hall–Kier alpha value is -0.780. The fourth-order valence-corrected chi connectivity index (χ4v) is 2.32. The van der Waals surface area contributed by atoms with Crippen LogP contribution in [0.4, 0.5) is 13.2 Å². The van der Waals surface area contributed by atoms with Crippen LogP contribution in [0.5, 0.6) is 0 Å². The minimum Gasteiger partial charge on any atom is -0.352 e. The Morgan fingerprint density at radius 1 is 1.33 bits per heavy atom. The Balaban J connectivity index is 2.33. The Morgan fingerprint density at radius 3 is 2.33 bits per heavy atom. The highest BCUT2D eigenvalue weighted by Gasteiger charge is 2.41. The summed E-state index contributed by atoms with van der Waals surface area (Å²) in [6.45, 7) is 1.93. The third-order valence-corrected chi connectivity index (χ3v) is 3.47. The Morgan fingerprint density at radius 2 is 1.89 bits per heavy atom. The highest BCUT2D eigenvalue weighted by Crippen LogP contribution is 2.37. The minimum atomic E-state index is -4.10. The molecule has 0 bridgehead atoms. The molecule has 0 aromatic heterocycles. The van der Waals surface area contributed by atoms with Crippen LogP contribution in [0, 0.1) is 5.92 Å². The van der Waals surface area contributed by atoms with Gasteiger partial charge in [-0.2, -0.15) is 13.2 Å². The number of carbonyl (C=O) groups is 1. The highest BCUT2D eigenvalue weighted by atomic mass is 19.4. The topological polar surface area (TPSA) is 55.1 Å². The number of alkyl halides is 3. The van der Waals surface area contributed by atoms with E-state index in [0.29, 0.717) is 19.3 Å². The average Bonchev–Trinajstić information content (AvgIpc) is 2.28. The molecule has 1 saturated carbocycles. The zero-order valence-corrected chi connectivity index (χ0v) is 10.6. The summed E-state index contributed by atoms with van der Waals surface area (Å²) in [5.74, 6) is -1.46. The molecule has 3 nitrogen and oxygen atoms in total. The maximum Gasteiger partial charge on any atom is 0.391 e. The van der Waals surface area contributed by atoms with Gasteiger partial charge in [0.05, 0.1) is 12.0 Å². The van der Waals surface area contributed by atoms with Crippen LogP contribution < -0.4 is 11.1 Å². The molecule has 0 aromatic rings. The largest absolute Gasteiger partial charge is 0.391 e. The molecule has 0 radical (unpaired) electrons. The van der Waals surface area contributed by atoms with Crippen molar-refractivity contribution >= 4 is 5.91 Å². The summed E-state index contributed by atoms with van der Waals surface area (Å²) in [5.41, 5.74) is 5.65. The van der Waals surface area contributed by atoms with Crippen LogP contribution in [-0.2, 0) is 4.79 Å². The lowest BCUT2D eigenvalue weighted by atomic mass is 9.85. The molecule has 1 atom stereocenters. The zero-order chi connectivity index (χ0) is 13.8. The molecule has 0 saturated heterocycles. The zero-order valence-electron chi connectivity index (χ0n) is 10.6. The standard InChI is InChI=1S/C12H21F3N2O/c1-2-3-10(16)11(18)17-9-6-4-8(5-7-9)12(13,14)15/h8-10H,2-7,16H2,1H3,(H,17,18)/t8?,9?,10-/m0/s1. The molecular weight excluding hydrogens is 245 g/mol. The average molecular weight is 266 g/mol. The van der Waals surface area contributed by atoms with Crippen LogP contribution in [0.15, 0.2) is 0 Å². The fraction of sp³-hybridized carbons (Fsp3) is 0.917. The third kappa shape index (κ3) is 4.48. The first kappa shape index (κ1) is 15.3. The predicted octanol–water partition coefficient (Wildman–Crippen LogP) is 2.35. The second-order valence-corrected chi connectivity index (χ2v) is 4.99. The van der Waals surface area contributed by atoms with Crippen molar-refractivity contribution < 1.29 is 18.0 Å². The number of nitrogens with one attached hydrogen (secondary N) is 1. The first-order valence-electron chi connectivity index (χ1n) is 6.47. The van der Waals surface area contributed by atoms with Crippen LogP contribution in [0.25, 0.3) is 0 Å². The summed E-state index contributed by atoms with van der Waals surface area (Å²) in [5, 5.41) is 2.74. The molecule has 3 N–H and O–H groups in total. The van der Waals surface area contributed by atoms with Crippen LogP contribution in [0.3, 0.4) is 0 Å². The number of nitrogens with two attached hydrogens (primary N) is 1. The van der Waals surface area contributed by atoms with Crippen LogP contribution in [-0.4, -0.2) is 24.2 Å². The van der Waals surface area contributed by atoms with E-state index in [1.165, 1.54) is 0 Å². The fourth-order valence-electron chi connectivity index (χ4n) is 2.32. The van der Waals surface area contributed by atoms with Gasteiger partial charge in [0, 0.05) is 6.04 Å². The summed E-state index contributed by atoms with van der Waals surface area (Å²) in [6, 6.07) is -0.700. The van der Waals surface area contributed by atoms with Crippen LogP contribution in [0.2, 0.25) is 0 Å². The van der Waals surface area contributed by atoms with Gasteiger partial charge in [-0.05, 0) is 32.1 Å². The van der Waals surface area contributed by atoms with E-state index >= 15 is 0 Å². The van der Waals surface area contributed by atoms with Gasteiger partial charge in [-0.3, -0.25) is 4.79 Å². The van der Waals surface area contributed by atoms with E-state index in [2.05, 4.69) is 5.32 Å². The van der Waals surface area contributed by atoms with Crippen molar-refractivity contribution in [2.75, 3.05) is 0 Å². The molecule has 0 spiro atoms. The molecule has 0 aliphatic heterocycles. The SMILES string of the molecule is CCC[C@H](N)C(=O)NC1CCC(C(F)(F)F)CC1. The van der Waals surface area contributed by atoms with E-state index in [9.17, 15) is 18.0 Å². The van der Waals surface area contributed by atoms with Gasteiger partial charge in [0.25, 0.3) is 0 Å². The number of carbonyl (C=O) groups excluding carboxylic acids is 1. The van der Waals surface area contributed by atoms with Crippen molar-refractivity contribution in [2.45, 2.75) is 63.7 Å². The lowest BCUT2D eigenvalue weighted by molar-refractivity contribution is -0.182. The lowest BCUT2D eigenvalue weighted by Crippen LogP contribution is -2.47. The van der Waals surface area contributed by atoms with E-state index in [1.54, 1.807) is 0 Å². The third-order valence-electron chi connectivity index (χ3n) is 3.47. The number of rotatable bonds is 4. The molecule has 0 heterocycles. The van der Waals surface area contributed by atoms with Gasteiger partial charge in [-0.25, -0.2) is 0 Å². The molecule has 1 aliphatic carbocycles. The van der Waals surface area contributed by atoms with Gasteiger partial charge in [-0.1, -0.05) is 13.3 Å². The number of amides is 1. The molecule has 106 valence electrons. The van der Waals surface area contributed by atoms with Gasteiger partial charge < -0.3 is 11.1 Å². The van der Waals surface area contributed by atoms with E-state index in [4.69, 9.17) is 5.73 Å². The van der Waals surface area contributed by atoms with E-state index in [-0.39, 0.29) is 24.8 Å². The Kier molecular flexibility index (Phi) is 5.44. The maximum absolute atomic E-state index is 12.5. The normalized spacial score (nSPS) is 26.7. The van der Waals surface area contributed by atoms with Crippen LogP contribution >= 0.6 is 0 Å². The van der Waals surface area contributed by atoms with E-state index in [0.717, 1.165) is 6.42 Å². The second-order valence-electron chi connectivity index (χ2n) is 4.99. The summed E-state index contributed by atoms with van der Waals surface area (Å²) in [4.78, 5) is 11.6. The molecular formula is C12H21F3N2O. The summed E-state index contributed by atoms with van der Waals surface area (Å²) >= 11 is 0. The molecule has 0 unspecified atom stereocenters. The molecule has 1 rings (SSSR count). The Bertz CT molecular complexity index is 273. The maximum atomic E-state index is 12.5. The van der Waals surface area contributed by atoms with Gasteiger partial charge in [-0.15, -0.1) is 0 Å². The van der Waals surface area contributed by atoms with Crippen LogP contribution in [0.1, 0.15) is 45.4 Å². The van der Waals surface area contributed by atoms with Gasteiger partial charge >= 0.3 is 6.18 Å². The van der Waals surface area contributed by atoms with Crippen molar-refractivity contribution in [1.29, 1.82) is 0 Å². The van der Waals surface area contributed by atoms with Crippen molar-refractivity contribution in [3.8, 4) is 0 Å².